The average Bonchev–Trinajstić information content (AvgIpc) is 2.38. The molecule has 6 heteroatoms. The third-order valence-corrected chi connectivity index (χ3v) is 5.98. The molecule has 0 saturated heterocycles. The molecule has 0 fully saturated rings. The van der Waals surface area contributed by atoms with Gasteiger partial charge in [-0.25, -0.2) is 8.42 Å². The molecule has 0 aliphatic rings. The number of rotatable bonds is 6. The molecule has 0 aliphatic heterocycles. The van der Waals surface area contributed by atoms with Gasteiger partial charge in [0.05, 0.1) is 18.0 Å². The van der Waals surface area contributed by atoms with Crippen LogP contribution in [0, 0.1) is 0 Å². The van der Waals surface area contributed by atoms with Crippen molar-refractivity contribution in [2.75, 3.05) is 19.9 Å². The van der Waals surface area contributed by atoms with Crippen molar-refractivity contribution in [3.63, 3.8) is 0 Å². The topological polar surface area (TPSA) is 89.6 Å². The van der Waals surface area contributed by atoms with Gasteiger partial charge in [-0.3, -0.25) is 0 Å². The molecule has 2 atom stereocenters. The van der Waals surface area contributed by atoms with E-state index in [1.807, 2.05) is 6.07 Å². The molecule has 0 aliphatic carbocycles. The molecule has 0 amide bonds. The Bertz CT molecular complexity index is 554. The lowest BCUT2D eigenvalue weighted by Crippen LogP contribution is -2.48. The monoisotopic (exact) mass is 301 g/mol. The van der Waals surface area contributed by atoms with Crippen molar-refractivity contribution in [2.45, 2.75) is 30.6 Å². The molecule has 0 aromatic heterocycles. The van der Waals surface area contributed by atoms with Crippen LogP contribution >= 0.6 is 0 Å². The summed E-state index contributed by atoms with van der Waals surface area (Å²) < 4.78 is 27.6. The fourth-order valence-electron chi connectivity index (χ4n) is 2.02. The van der Waals surface area contributed by atoms with Gasteiger partial charge in [0, 0.05) is 18.7 Å². The van der Waals surface area contributed by atoms with E-state index in [2.05, 4.69) is 0 Å². The highest BCUT2D eigenvalue weighted by molar-refractivity contribution is 7.92. The van der Waals surface area contributed by atoms with Crippen molar-refractivity contribution in [3.05, 3.63) is 29.8 Å². The van der Waals surface area contributed by atoms with E-state index < -0.39 is 26.6 Å². The Hall–Kier alpha value is -1.11. The van der Waals surface area contributed by atoms with Crippen LogP contribution in [0.3, 0.4) is 0 Å². The van der Waals surface area contributed by atoms with Crippen LogP contribution in [0.1, 0.15) is 25.3 Å². The number of ether oxygens (including phenoxy) is 1. The van der Waals surface area contributed by atoms with Crippen molar-refractivity contribution >= 4 is 9.84 Å². The zero-order chi connectivity index (χ0) is 15.6. The van der Waals surface area contributed by atoms with Gasteiger partial charge in [-0.1, -0.05) is 12.1 Å². The summed E-state index contributed by atoms with van der Waals surface area (Å²) in [6, 6.07) is 7.14. The lowest BCUT2D eigenvalue weighted by atomic mass is 9.86. The van der Waals surface area contributed by atoms with Crippen LogP contribution in [-0.4, -0.2) is 44.3 Å². The number of methoxy groups -OCH3 is 1. The van der Waals surface area contributed by atoms with E-state index in [9.17, 15) is 13.5 Å². The Labute approximate surface area is 120 Å². The maximum absolute atomic E-state index is 11.8. The first-order chi connectivity index (χ1) is 9.15. The summed E-state index contributed by atoms with van der Waals surface area (Å²) in [6.45, 7) is 3.17. The number of sulfone groups is 1. The van der Waals surface area contributed by atoms with Gasteiger partial charge in [0.25, 0.3) is 0 Å². The van der Waals surface area contributed by atoms with Crippen LogP contribution in [0.4, 0.5) is 0 Å². The van der Waals surface area contributed by atoms with E-state index in [0.29, 0.717) is 5.75 Å². The summed E-state index contributed by atoms with van der Waals surface area (Å²) in [6.07, 6.45) is 0.0182. The van der Waals surface area contributed by atoms with Crippen molar-refractivity contribution in [3.8, 4) is 5.75 Å². The fourth-order valence-corrected chi connectivity index (χ4v) is 2.63. The predicted molar refractivity (Wildman–Crippen MR) is 79.7 cm³/mol. The van der Waals surface area contributed by atoms with Gasteiger partial charge in [0.1, 0.15) is 5.75 Å². The van der Waals surface area contributed by atoms with Crippen LogP contribution in [0.15, 0.2) is 24.3 Å². The summed E-state index contributed by atoms with van der Waals surface area (Å²) >= 11 is 0. The average molecular weight is 301 g/mol. The molecule has 1 rings (SSSR count). The van der Waals surface area contributed by atoms with E-state index in [0.717, 1.165) is 11.8 Å². The van der Waals surface area contributed by atoms with Crippen molar-refractivity contribution < 1.29 is 18.3 Å². The molecule has 0 heterocycles. The van der Waals surface area contributed by atoms with Gasteiger partial charge in [0.2, 0.25) is 0 Å². The lowest BCUT2D eigenvalue weighted by molar-refractivity contribution is 0.110. The second-order valence-corrected chi connectivity index (χ2v) is 8.04. The normalized spacial score (nSPS) is 15.7. The van der Waals surface area contributed by atoms with Gasteiger partial charge in [-0.2, -0.15) is 0 Å². The Morgan fingerprint density at radius 3 is 2.45 bits per heavy atom. The number of hydrogen-bond donors (Lipinski definition) is 2. The summed E-state index contributed by atoms with van der Waals surface area (Å²) in [4.78, 5) is 0. The molecule has 0 radical (unpaired) electrons. The van der Waals surface area contributed by atoms with E-state index in [1.165, 1.54) is 13.8 Å². The maximum atomic E-state index is 11.8. The summed E-state index contributed by atoms with van der Waals surface area (Å²) in [5.74, 6) is 0.167. The summed E-state index contributed by atoms with van der Waals surface area (Å²) in [7, 11) is -1.87. The fraction of sp³-hybridized carbons (Fsp3) is 0.571. The van der Waals surface area contributed by atoms with Gasteiger partial charge >= 0.3 is 0 Å². The van der Waals surface area contributed by atoms with Gasteiger partial charge < -0.3 is 15.6 Å². The second kappa shape index (κ2) is 6.11. The smallest absolute Gasteiger partial charge is 0.155 e. The van der Waals surface area contributed by atoms with Crippen LogP contribution in [0.25, 0.3) is 0 Å². The maximum Gasteiger partial charge on any atom is 0.155 e. The molecule has 0 saturated carbocycles. The standard InChI is InChI=1S/C14H23NO4S/c1-14(2,20(4,17)18)13(16)12(9-15)10-6-5-7-11(8-10)19-3/h5-8,12-13,16H,9,15H2,1-4H3. The minimum atomic E-state index is -3.42. The number of aliphatic hydroxyl groups is 1. The van der Waals surface area contributed by atoms with E-state index >= 15 is 0 Å². The zero-order valence-electron chi connectivity index (χ0n) is 12.3. The quantitative estimate of drug-likeness (QED) is 0.815. The molecular weight excluding hydrogens is 278 g/mol. The molecule has 0 bridgehead atoms. The first-order valence-electron chi connectivity index (χ1n) is 6.36. The Morgan fingerprint density at radius 1 is 1.40 bits per heavy atom. The van der Waals surface area contributed by atoms with Crippen LogP contribution < -0.4 is 10.5 Å². The van der Waals surface area contributed by atoms with Crippen molar-refractivity contribution in [1.82, 2.24) is 0 Å². The van der Waals surface area contributed by atoms with Crippen LogP contribution in [0.5, 0.6) is 5.75 Å². The molecule has 5 nitrogen and oxygen atoms in total. The molecule has 3 N–H and O–H groups in total. The number of nitrogens with two attached hydrogens (primary N) is 1. The highest BCUT2D eigenvalue weighted by Crippen LogP contribution is 2.32. The molecule has 114 valence electrons. The highest BCUT2D eigenvalue weighted by atomic mass is 32.2. The SMILES string of the molecule is COc1cccc(C(CN)C(O)C(C)(C)S(C)(=O)=O)c1. The molecule has 2 unspecified atom stereocenters. The first-order valence-corrected chi connectivity index (χ1v) is 8.26. The third-order valence-electron chi connectivity index (χ3n) is 3.82. The summed E-state index contributed by atoms with van der Waals surface area (Å²) in [5, 5.41) is 10.5. The Kier molecular flexibility index (Phi) is 5.18. The predicted octanol–water partition coefficient (Wildman–Crippen LogP) is 0.922. The molecule has 20 heavy (non-hydrogen) atoms. The highest BCUT2D eigenvalue weighted by Gasteiger charge is 2.42. The minimum Gasteiger partial charge on any atom is -0.497 e. The van der Waals surface area contributed by atoms with Crippen molar-refractivity contribution in [1.29, 1.82) is 0 Å². The van der Waals surface area contributed by atoms with E-state index in [4.69, 9.17) is 10.5 Å². The van der Waals surface area contributed by atoms with E-state index in [-0.39, 0.29) is 6.54 Å². The summed E-state index contributed by atoms with van der Waals surface area (Å²) in [5.41, 5.74) is 6.50. The third kappa shape index (κ3) is 3.31. The minimum absolute atomic E-state index is 0.146. The van der Waals surface area contributed by atoms with Gasteiger partial charge in [-0.05, 0) is 31.5 Å². The second-order valence-electron chi connectivity index (χ2n) is 5.44. The Balaban J connectivity index is 3.19. The van der Waals surface area contributed by atoms with Crippen molar-refractivity contribution in [2.24, 2.45) is 5.73 Å². The lowest BCUT2D eigenvalue weighted by Gasteiger charge is -2.34. The molecule has 1 aromatic carbocycles. The van der Waals surface area contributed by atoms with Gasteiger partial charge in [-0.15, -0.1) is 0 Å². The zero-order valence-corrected chi connectivity index (χ0v) is 13.1. The molecule has 0 spiro atoms. The van der Waals surface area contributed by atoms with Gasteiger partial charge in [0.15, 0.2) is 9.84 Å². The van der Waals surface area contributed by atoms with Crippen LogP contribution in [-0.2, 0) is 9.84 Å². The molecule has 1 aromatic rings. The number of aliphatic hydroxyl groups excluding tert-OH is 1. The van der Waals surface area contributed by atoms with E-state index in [1.54, 1.807) is 25.3 Å². The number of benzene rings is 1. The first kappa shape index (κ1) is 16.9. The largest absolute Gasteiger partial charge is 0.497 e. The molecular formula is C14H23NO4S. The number of hydrogen-bond acceptors (Lipinski definition) is 5. The van der Waals surface area contributed by atoms with Crippen LogP contribution in [0.2, 0.25) is 0 Å². The Morgan fingerprint density at radius 2 is 2.00 bits per heavy atom.